The van der Waals surface area contributed by atoms with Gasteiger partial charge >= 0.3 is 0 Å². The first-order valence-electron chi connectivity index (χ1n) is 7.52. The lowest BCUT2D eigenvalue weighted by molar-refractivity contribution is -0.126. The third kappa shape index (κ3) is 2.75. The highest BCUT2D eigenvalue weighted by atomic mass is 35.5. The first-order chi connectivity index (χ1) is 11.0. The molecule has 1 spiro atoms. The standard InChI is InChI=1S/C16H18ClFN2O3/c1-23-9-14-16(6-4-11(21)5-7-16)15(22)20(19-14)13-3-2-10(18)8-12(13)17/h2-3,8,11,21H,4-7,9H2,1H3/t11-,16+. The summed E-state index contributed by atoms with van der Waals surface area (Å²) < 4.78 is 18.4. The number of amides is 1. The Bertz CT molecular complexity index is 657. The van der Waals surface area contributed by atoms with E-state index >= 15 is 0 Å². The maximum Gasteiger partial charge on any atom is 0.259 e. The molecule has 1 fully saturated rings. The number of ether oxygens (including phenoxy) is 1. The molecule has 1 heterocycles. The number of hydrogen-bond donors (Lipinski definition) is 1. The summed E-state index contributed by atoms with van der Waals surface area (Å²) in [6.45, 7) is 0.233. The van der Waals surface area contributed by atoms with Crippen LogP contribution in [0.1, 0.15) is 25.7 Å². The smallest absolute Gasteiger partial charge is 0.259 e. The summed E-state index contributed by atoms with van der Waals surface area (Å²) >= 11 is 6.08. The normalized spacial score (nSPS) is 27.7. The molecule has 0 bridgehead atoms. The number of rotatable bonds is 3. The topological polar surface area (TPSA) is 62.1 Å². The lowest BCUT2D eigenvalue weighted by Crippen LogP contribution is -2.44. The fourth-order valence-corrected chi connectivity index (χ4v) is 3.55. The van der Waals surface area contributed by atoms with Crippen LogP contribution >= 0.6 is 11.6 Å². The Kier molecular flexibility index (Phi) is 4.40. The van der Waals surface area contributed by atoms with Crippen molar-refractivity contribution in [3.63, 3.8) is 0 Å². The molecule has 3 rings (SSSR count). The number of anilines is 1. The Hall–Kier alpha value is -1.50. The molecular formula is C16H18ClFN2O3. The number of benzene rings is 1. The molecular weight excluding hydrogens is 323 g/mol. The van der Waals surface area contributed by atoms with E-state index in [-0.39, 0.29) is 23.6 Å². The second-order valence-electron chi connectivity index (χ2n) is 6.01. The zero-order valence-electron chi connectivity index (χ0n) is 12.8. The van der Waals surface area contributed by atoms with Crippen LogP contribution in [0.5, 0.6) is 0 Å². The van der Waals surface area contributed by atoms with Crippen LogP contribution in [0.15, 0.2) is 23.3 Å². The minimum absolute atomic E-state index is 0.131. The van der Waals surface area contributed by atoms with E-state index in [0.29, 0.717) is 37.1 Å². The molecule has 1 N–H and O–H groups in total. The monoisotopic (exact) mass is 340 g/mol. The molecule has 0 radical (unpaired) electrons. The average Bonchev–Trinajstić information content (AvgIpc) is 2.77. The van der Waals surface area contributed by atoms with E-state index in [1.807, 2.05) is 0 Å². The first-order valence-corrected chi connectivity index (χ1v) is 7.90. The van der Waals surface area contributed by atoms with Crippen molar-refractivity contribution in [3.8, 4) is 0 Å². The highest BCUT2D eigenvalue weighted by Crippen LogP contribution is 2.45. The number of hydrazone groups is 1. The van der Waals surface area contributed by atoms with E-state index in [4.69, 9.17) is 16.3 Å². The largest absolute Gasteiger partial charge is 0.393 e. The number of halogens is 2. The summed E-state index contributed by atoms with van der Waals surface area (Å²) in [5, 5.41) is 15.5. The van der Waals surface area contributed by atoms with Gasteiger partial charge in [-0.1, -0.05) is 11.6 Å². The zero-order valence-corrected chi connectivity index (χ0v) is 13.5. The third-order valence-corrected chi connectivity index (χ3v) is 4.91. The highest BCUT2D eigenvalue weighted by Gasteiger charge is 2.52. The molecule has 23 heavy (non-hydrogen) atoms. The molecule has 1 aliphatic heterocycles. The van der Waals surface area contributed by atoms with Crippen molar-refractivity contribution in [2.45, 2.75) is 31.8 Å². The van der Waals surface area contributed by atoms with Crippen molar-refractivity contribution < 1.29 is 19.0 Å². The second-order valence-corrected chi connectivity index (χ2v) is 6.41. The van der Waals surface area contributed by atoms with Gasteiger partial charge in [-0.15, -0.1) is 0 Å². The highest BCUT2D eigenvalue weighted by molar-refractivity contribution is 6.34. The average molecular weight is 341 g/mol. The lowest BCUT2D eigenvalue weighted by Gasteiger charge is -2.34. The fraction of sp³-hybridized carbons (Fsp3) is 0.500. The van der Waals surface area contributed by atoms with Crippen LogP contribution in [0.4, 0.5) is 10.1 Å². The third-order valence-electron chi connectivity index (χ3n) is 4.60. The van der Waals surface area contributed by atoms with Gasteiger partial charge in [0.1, 0.15) is 5.82 Å². The molecule has 0 unspecified atom stereocenters. The van der Waals surface area contributed by atoms with E-state index in [0.717, 1.165) is 6.07 Å². The molecule has 7 heteroatoms. The molecule has 1 aromatic rings. The molecule has 1 amide bonds. The van der Waals surface area contributed by atoms with Crippen molar-refractivity contribution in [2.24, 2.45) is 10.5 Å². The number of aliphatic hydroxyl groups excluding tert-OH is 1. The van der Waals surface area contributed by atoms with Crippen molar-refractivity contribution >= 4 is 28.9 Å². The molecule has 5 nitrogen and oxygen atoms in total. The molecule has 0 atom stereocenters. The Labute approximate surface area is 138 Å². The van der Waals surface area contributed by atoms with Gasteiger partial charge in [-0.3, -0.25) is 4.79 Å². The fourth-order valence-electron chi connectivity index (χ4n) is 3.31. The summed E-state index contributed by atoms with van der Waals surface area (Å²) in [7, 11) is 1.55. The van der Waals surface area contributed by atoms with Gasteiger partial charge in [-0.25, -0.2) is 4.39 Å². The maximum absolute atomic E-state index is 13.2. The SMILES string of the molecule is COCC1=NN(c2ccc(F)cc2Cl)C(=O)[C@]12CC[C@@H](O)CC2. The van der Waals surface area contributed by atoms with Crippen LogP contribution in [0.2, 0.25) is 5.02 Å². The zero-order chi connectivity index (χ0) is 16.6. The van der Waals surface area contributed by atoms with Crippen LogP contribution in [0.3, 0.4) is 0 Å². The van der Waals surface area contributed by atoms with Gasteiger partial charge in [0.2, 0.25) is 0 Å². The van der Waals surface area contributed by atoms with E-state index in [1.54, 1.807) is 7.11 Å². The van der Waals surface area contributed by atoms with Crippen LogP contribution in [0, 0.1) is 11.2 Å². The Morgan fingerprint density at radius 1 is 1.48 bits per heavy atom. The van der Waals surface area contributed by atoms with Gasteiger partial charge in [0.25, 0.3) is 5.91 Å². The van der Waals surface area contributed by atoms with Gasteiger partial charge in [0.05, 0.1) is 34.5 Å². The number of nitrogens with zero attached hydrogens (tertiary/aromatic N) is 2. The van der Waals surface area contributed by atoms with E-state index in [2.05, 4.69) is 5.10 Å². The summed E-state index contributed by atoms with van der Waals surface area (Å²) in [6.07, 6.45) is 1.73. The minimum atomic E-state index is -0.757. The van der Waals surface area contributed by atoms with Crippen molar-refractivity contribution in [1.82, 2.24) is 0 Å². The Morgan fingerprint density at radius 2 is 2.17 bits per heavy atom. The summed E-state index contributed by atoms with van der Waals surface area (Å²) in [5.74, 6) is -0.660. The van der Waals surface area contributed by atoms with E-state index in [9.17, 15) is 14.3 Å². The predicted octanol–water partition coefficient (Wildman–Crippen LogP) is 2.75. The van der Waals surface area contributed by atoms with Crippen molar-refractivity contribution in [1.29, 1.82) is 0 Å². The van der Waals surface area contributed by atoms with Gasteiger partial charge < -0.3 is 9.84 Å². The lowest BCUT2D eigenvalue weighted by atomic mass is 9.70. The van der Waals surface area contributed by atoms with Crippen molar-refractivity contribution in [2.75, 3.05) is 18.7 Å². The molecule has 1 aliphatic carbocycles. The Balaban J connectivity index is 1.99. The molecule has 2 aliphatic rings. The Morgan fingerprint density at radius 3 is 2.78 bits per heavy atom. The predicted molar refractivity (Wildman–Crippen MR) is 85.1 cm³/mol. The maximum atomic E-state index is 13.2. The first kappa shape index (κ1) is 16.4. The molecule has 1 aromatic carbocycles. The summed E-state index contributed by atoms with van der Waals surface area (Å²) in [6, 6.07) is 3.85. The van der Waals surface area contributed by atoms with Crippen LogP contribution < -0.4 is 5.01 Å². The second kappa shape index (κ2) is 6.19. The van der Waals surface area contributed by atoms with Gasteiger partial charge in [-0.2, -0.15) is 10.1 Å². The minimum Gasteiger partial charge on any atom is -0.393 e. The van der Waals surface area contributed by atoms with E-state index in [1.165, 1.54) is 17.1 Å². The van der Waals surface area contributed by atoms with E-state index < -0.39 is 11.2 Å². The number of carbonyl (C=O) groups is 1. The van der Waals surface area contributed by atoms with Crippen molar-refractivity contribution in [3.05, 3.63) is 29.0 Å². The molecule has 1 saturated carbocycles. The molecule has 124 valence electrons. The summed E-state index contributed by atoms with van der Waals surface area (Å²) in [4.78, 5) is 13.0. The van der Waals surface area contributed by atoms with Crippen LogP contribution in [0.25, 0.3) is 0 Å². The number of carbonyl (C=O) groups excluding carboxylic acids is 1. The van der Waals surface area contributed by atoms with Crippen LogP contribution in [-0.4, -0.2) is 36.5 Å². The van der Waals surface area contributed by atoms with Crippen LogP contribution in [-0.2, 0) is 9.53 Å². The number of aliphatic hydroxyl groups is 1. The van der Waals surface area contributed by atoms with Gasteiger partial charge in [-0.05, 0) is 43.9 Å². The molecule has 0 saturated heterocycles. The number of methoxy groups -OCH3 is 1. The molecule has 0 aromatic heterocycles. The summed E-state index contributed by atoms with van der Waals surface area (Å²) in [5.41, 5.74) is 0.236. The van der Waals surface area contributed by atoms with Gasteiger partial charge in [0.15, 0.2) is 0 Å². The quantitative estimate of drug-likeness (QED) is 0.920. The van der Waals surface area contributed by atoms with Gasteiger partial charge in [0, 0.05) is 7.11 Å². The number of hydrogen-bond acceptors (Lipinski definition) is 4.